The summed E-state index contributed by atoms with van der Waals surface area (Å²) in [6.45, 7) is 3.78. The number of benzene rings is 4. The van der Waals surface area contributed by atoms with Crippen molar-refractivity contribution in [3.8, 4) is 28.3 Å². The normalized spacial score (nSPS) is 11.1. The van der Waals surface area contributed by atoms with Crippen LogP contribution in [0.25, 0.3) is 54.1 Å². The van der Waals surface area contributed by atoms with Gasteiger partial charge in [0.2, 0.25) is 0 Å². The van der Waals surface area contributed by atoms with E-state index in [2.05, 4.69) is 37.3 Å². The Morgan fingerprint density at radius 3 is 2.12 bits per heavy atom. The number of amides is 4. The van der Waals surface area contributed by atoms with Crippen LogP contribution in [-0.4, -0.2) is 45.3 Å². The van der Waals surface area contributed by atoms with Gasteiger partial charge in [-0.1, -0.05) is 30.3 Å². The summed E-state index contributed by atoms with van der Waals surface area (Å²) in [5, 5.41) is 26.5. The summed E-state index contributed by atoms with van der Waals surface area (Å²) >= 11 is 1.27. The quantitative estimate of drug-likeness (QED) is 0.102. The smallest absolute Gasteiger partial charge is 0.346 e. The Hall–Kier alpha value is -8.95. The first kappa shape index (κ1) is 45.2. The van der Waals surface area contributed by atoms with Gasteiger partial charge in [0.05, 0.1) is 45.4 Å². The molecule has 0 aliphatic heterocycles. The van der Waals surface area contributed by atoms with Crippen LogP contribution < -0.4 is 42.4 Å². The number of hydrogen-bond donors (Lipinski definition) is 4. The first-order chi connectivity index (χ1) is 33.3. The minimum atomic E-state index is -1.07. The predicted molar refractivity (Wildman–Crippen MR) is 269 cm³/mol. The maximum atomic E-state index is 16.2. The molecule has 0 atom stereocenters. The van der Waals surface area contributed by atoms with E-state index in [1.54, 1.807) is 92.9 Å². The Kier molecular flexibility index (Phi) is 12.0. The Bertz CT molecular complexity index is 3730. The number of anilines is 6. The molecule has 0 aliphatic carbocycles. The minimum Gasteiger partial charge on any atom is -0.373 e. The van der Waals surface area contributed by atoms with Gasteiger partial charge < -0.3 is 30.4 Å². The van der Waals surface area contributed by atoms with E-state index in [4.69, 9.17) is 0 Å². The number of urea groups is 2. The van der Waals surface area contributed by atoms with Crippen LogP contribution in [0.2, 0.25) is 0 Å². The van der Waals surface area contributed by atoms with Crippen molar-refractivity contribution in [3.05, 3.63) is 164 Å². The van der Waals surface area contributed by atoms with E-state index in [-0.39, 0.29) is 56.1 Å². The molecular formula is C51H41F2N11O4S. The molecule has 9 rings (SSSR count). The van der Waals surface area contributed by atoms with Crippen LogP contribution in [0.3, 0.4) is 0 Å². The van der Waals surface area contributed by atoms with Gasteiger partial charge in [0.15, 0.2) is 0 Å². The molecule has 0 saturated carbocycles. The minimum absolute atomic E-state index is 0.00195. The van der Waals surface area contributed by atoms with Crippen LogP contribution in [0.15, 0.2) is 130 Å². The van der Waals surface area contributed by atoms with Crippen LogP contribution in [0.5, 0.6) is 0 Å². The molecule has 5 heterocycles. The van der Waals surface area contributed by atoms with Crippen molar-refractivity contribution in [2.45, 2.75) is 20.4 Å². The molecule has 4 N–H and O–H groups in total. The van der Waals surface area contributed by atoms with Crippen molar-refractivity contribution >= 4 is 89.7 Å². The lowest BCUT2D eigenvalue weighted by Crippen LogP contribution is -2.54. The molecule has 0 aliphatic rings. The third-order valence-corrected chi connectivity index (χ3v) is 12.7. The van der Waals surface area contributed by atoms with Crippen LogP contribution >= 0.6 is 11.3 Å². The number of carbonyl (C=O) groups is 2. The third kappa shape index (κ3) is 8.31. The Morgan fingerprint density at radius 1 is 0.739 bits per heavy atom. The molecule has 0 spiro atoms. The SMILES string of the molecule is CCn1c(=O)c(-c2ccc(F)c(NC(=O)N(c3cccc(C#N)c3)N(C(=O)Nc3cc(-c4cc5cnc(NC)cc5n(C)c4=O)c(C)cc3F)c3csc4ccccc34)c2)cc2cnc(NC)cc21. The summed E-state index contributed by atoms with van der Waals surface area (Å²) in [7, 11) is 5.05. The number of aromatic nitrogens is 4. The number of nitriles is 1. The molecule has 0 unspecified atom stereocenters. The van der Waals surface area contributed by atoms with Crippen molar-refractivity contribution < 1.29 is 18.4 Å². The second kappa shape index (κ2) is 18.4. The summed E-state index contributed by atoms with van der Waals surface area (Å²) in [4.78, 5) is 66.9. The summed E-state index contributed by atoms with van der Waals surface area (Å²) < 4.78 is 36.0. The first-order valence-electron chi connectivity index (χ1n) is 21.5. The van der Waals surface area contributed by atoms with E-state index in [1.165, 1.54) is 64.4 Å². The lowest BCUT2D eigenvalue weighted by Gasteiger charge is -2.34. The molecule has 0 fully saturated rings. The van der Waals surface area contributed by atoms with E-state index in [0.29, 0.717) is 56.5 Å². The van der Waals surface area contributed by atoms with Gasteiger partial charge in [0, 0.05) is 89.6 Å². The van der Waals surface area contributed by atoms with Gasteiger partial charge in [-0.2, -0.15) is 15.3 Å². The number of thiophene rings is 1. The molecule has 15 nitrogen and oxygen atoms in total. The Labute approximate surface area is 396 Å². The highest BCUT2D eigenvalue weighted by Gasteiger charge is 2.33. The number of halogens is 2. The molecule has 4 amide bonds. The second-order valence-corrected chi connectivity index (χ2v) is 16.8. The molecule has 0 bridgehead atoms. The predicted octanol–water partition coefficient (Wildman–Crippen LogP) is 10.4. The standard InChI is InChI=1S/C51H41F2N11O4S/c1-6-62-43-23-47(56-4)58-26-32(43)18-36(49(62)66)30-14-15-38(52)40(20-30)59-50(67)63(33-11-9-10-29(17-33)24-54)64(44-27-69-45-13-8-7-12-34(44)45)51(68)60-41-21-35(28(2)16-39(41)53)37-19-31-25-57-46(55-3)22-42(31)61(5)48(37)65/h7-23,25-27H,6H2,1-5H3,(H,55,57)(H,56,58)(H,59,67)(H,60,68). The van der Waals surface area contributed by atoms with E-state index in [1.807, 2.05) is 13.0 Å². The monoisotopic (exact) mass is 941 g/mol. The van der Waals surface area contributed by atoms with E-state index in [0.717, 1.165) is 20.8 Å². The number of rotatable bonds is 9. The molecule has 69 heavy (non-hydrogen) atoms. The topological polar surface area (TPSA) is 182 Å². The molecule has 344 valence electrons. The number of pyridine rings is 4. The zero-order valence-corrected chi connectivity index (χ0v) is 38.5. The van der Waals surface area contributed by atoms with Crippen molar-refractivity contribution in [1.82, 2.24) is 19.1 Å². The van der Waals surface area contributed by atoms with Gasteiger partial charge in [-0.25, -0.2) is 28.3 Å². The van der Waals surface area contributed by atoms with Crippen LogP contribution in [0.4, 0.5) is 52.8 Å². The maximum absolute atomic E-state index is 16.2. The zero-order valence-electron chi connectivity index (χ0n) is 37.7. The highest BCUT2D eigenvalue weighted by Crippen LogP contribution is 2.38. The number of hydrazine groups is 1. The largest absolute Gasteiger partial charge is 0.373 e. The van der Waals surface area contributed by atoms with Gasteiger partial charge in [-0.05, 0) is 91.2 Å². The van der Waals surface area contributed by atoms with Crippen LogP contribution in [0.1, 0.15) is 18.1 Å². The maximum Gasteiger partial charge on any atom is 0.346 e. The van der Waals surface area contributed by atoms with Gasteiger partial charge in [0.1, 0.15) is 23.3 Å². The third-order valence-electron chi connectivity index (χ3n) is 11.8. The molecule has 0 saturated heterocycles. The van der Waals surface area contributed by atoms with Crippen LogP contribution in [0, 0.1) is 29.9 Å². The summed E-state index contributed by atoms with van der Waals surface area (Å²) in [6.07, 6.45) is 3.23. The lowest BCUT2D eigenvalue weighted by molar-refractivity contribution is 0.248. The highest BCUT2D eigenvalue weighted by molar-refractivity contribution is 7.17. The number of hydrogen-bond acceptors (Lipinski definition) is 10. The molecule has 4 aromatic carbocycles. The zero-order chi connectivity index (χ0) is 48.7. The number of carbonyl (C=O) groups excluding carboxylic acids is 2. The van der Waals surface area contributed by atoms with Crippen molar-refractivity contribution in [2.75, 3.05) is 45.4 Å². The molecule has 0 radical (unpaired) electrons. The number of nitrogens with zero attached hydrogens (tertiary/aromatic N) is 7. The number of fused-ring (bicyclic) bond motifs is 3. The van der Waals surface area contributed by atoms with E-state index in [9.17, 15) is 14.9 Å². The fraction of sp³-hybridized carbons (Fsp3) is 0.118. The molecule has 18 heteroatoms. The lowest BCUT2D eigenvalue weighted by atomic mass is 9.99. The fourth-order valence-corrected chi connectivity index (χ4v) is 9.20. The molecular weight excluding hydrogens is 901 g/mol. The van der Waals surface area contributed by atoms with Gasteiger partial charge in [-0.15, -0.1) is 11.3 Å². The fourth-order valence-electron chi connectivity index (χ4n) is 8.27. The van der Waals surface area contributed by atoms with Crippen LogP contribution in [-0.2, 0) is 13.6 Å². The highest BCUT2D eigenvalue weighted by atomic mass is 32.1. The van der Waals surface area contributed by atoms with Gasteiger partial charge in [-0.3, -0.25) is 9.59 Å². The van der Waals surface area contributed by atoms with E-state index < -0.39 is 23.7 Å². The van der Waals surface area contributed by atoms with Gasteiger partial charge in [0.25, 0.3) is 11.1 Å². The molecule has 5 aromatic heterocycles. The Balaban J connectivity index is 1.16. The first-order valence-corrected chi connectivity index (χ1v) is 22.4. The van der Waals surface area contributed by atoms with Crippen molar-refractivity contribution in [1.29, 1.82) is 5.26 Å². The molecule has 9 aromatic rings. The number of nitrogens with one attached hydrogen (secondary N) is 4. The summed E-state index contributed by atoms with van der Waals surface area (Å²) in [5.41, 5.74) is 1.55. The van der Waals surface area contributed by atoms with Crippen molar-refractivity contribution in [2.24, 2.45) is 7.05 Å². The summed E-state index contributed by atoms with van der Waals surface area (Å²) in [5.74, 6) is -0.579. The van der Waals surface area contributed by atoms with Crippen molar-refractivity contribution in [3.63, 3.8) is 0 Å². The Morgan fingerprint density at radius 2 is 1.41 bits per heavy atom. The van der Waals surface area contributed by atoms with E-state index >= 15 is 18.4 Å². The van der Waals surface area contributed by atoms with Gasteiger partial charge >= 0.3 is 12.1 Å². The number of aryl methyl sites for hydroxylation is 3. The average Bonchev–Trinajstić information content (AvgIpc) is 3.79. The summed E-state index contributed by atoms with van der Waals surface area (Å²) in [6, 6.07) is 26.1. The second-order valence-electron chi connectivity index (χ2n) is 15.9. The average molecular weight is 942 g/mol.